The highest BCUT2D eigenvalue weighted by Gasteiger charge is 2.14. The fourth-order valence-electron chi connectivity index (χ4n) is 3.03. The molecule has 0 aliphatic rings. The van der Waals surface area contributed by atoms with E-state index in [0.29, 0.717) is 0 Å². The molecule has 0 atom stereocenters. The van der Waals surface area contributed by atoms with Crippen LogP contribution in [0.25, 0.3) is 0 Å². The molecular weight excluding hydrogens is 380 g/mol. The van der Waals surface area contributed by atoms with Crippen molar-refractivity contribution >= 4 is 5.97 Å². The van der Waals surface area contributed by atoms with E-state index in [1.807, 2.05) is 18.2 Å². The van der Waals surface area contributed by atoms with Crippen molar-refractivity contribution in [1.29, 1.82) is 0 Å². The minimum absolute atomic E-state index is 0.0671. The number of carbonyl (C=O) groups is 1. The first-order valence-electron chi connectivity index (χ1n) is 9.40. The van der Waals surface area contributed by atoms with Crippen molar-refractivity contribution in [2.24, 2.45) is 0 Å². The standard InChI is InChI=1S/C18H20O2.C7H6O3/c1-4-8-15-11-12-17(19-2)18(20-3)16(15)13-14-9-6-5-7-10-14;8-6-4-2-1-3-5(6)7(9)10/h4-7,9-12H,1,8,13H2,2-3H3;1-4,8H,(H,9,10). The SMILES string of the molecule is C=CCc1ccc(OC)c(OC)c1Cc1ccccc1.O=C(O)c1ccccc1O. The molecule has 0 heterocycles. The Labute approximate surface area is 176 Å². The molecule has 0 aliphatic heterocycles. The predicted octanol–water partition coefficient (Wildman–Crippen LogP) is 5.11. The van der Waals surface area contributed by atoms with E-state index in [9.17, 15) is 4.79 Å². The number of hydrogen-bond acceptors (Lipinski definition) is 4. The first-order valence-corrected chi connectivity index (χ1v) is 9.40. The van der Waals surface area contributed by atoms with Crippen LogP contribution < -0.4 is 9.47 Å². The average Bonchev–Trinajstić information content (AvgIpc) is 2.76. The summed E-state index contributed by atoms with van der Waals surface area (Å²) in [6.07, 6.45) is 3.56. The number of aromatic hydroxyl groups is 1. The van der Waals surface area contributed by atoms with Crippen molar-refractivity contribution in [3.8, 4) is 17.2 Å². The van der Waals surface area contributed by atoms with Crippen molar-refractivity contribution in [2.75, 3.05) is 14.2 Å². The van der Waals surface area contributed by atoms with Crippen LogP contribution in [0.15, 0.2) is 79.4 Å². The normalized spacial score (nSPS) is 9.80. The number of carboxylic acids is 1. The lowest BCUT2D eigenvalue weighted by atomic mass is 9.96. The van der Waals surface area contributed by atoms with Gasteiger partial charge in [0.25, 0.3) is 0 Å². The molecule has 0 bridgehead atoms. The Kier molecular flexibility index (Phi) is 8.51. The summed E-state index contributed by atoms with van der Waals surface area (Å²) in [6.45, 7) is 3.83. The smallest absolute Gasteiger partial charge is 0.339 e. The van der Waals surface area contributed by atoms with E-state index in [-0.39, 0.29) is 11.3 Å². The second-order valence-electron chi connectivity index (χ2n) is 6.42. The van der Waals surface area contributed by atoms with Gasteiger partial charge in [0.05, 0.1) is 14.2 Å². The van der Waals surface area contributed by atoms with Gasteiger partial charge in [0.2, 0.25) is 0 Å². The van der Waals surface area contributed by atoms with Crippen LogP contribution in [0, 0.1) is 0 Å². The lowest BCUT2D eigenvalue weighted by Crippen LogP contribution is -2.01. The molecule has 5 nitrogen and oxygen atoms in total. The molecule has 3 rings (SSSR count). The number of para-hydroxylation sites is 1. The van der Waals surface area contributed by atoms with Crippen LogP contribution in [0.1, 0.15) is 27.0 Å². The number of carboxylic acid groups (broad SMARTS) is 1. The van der Waals surface area contributed by atoms with Crippen LogP contribution in [-0.2, 0) is 12.8 Å². The van der Waals surface area contributed by atoms with E-state index >= 15 is 0 Å². The Balaban J connectivity index is 0.000000269. The molecule has 0 fully saturated rings. The van der Waals surface area contributed by atoms with Gasteiger partial charge >= 0.3 is 5.97 Å². The van der Waals surface area contributed by atoms with E-state index < -0.39 is 5.97 Å². The number of benzene rings is 3. The van der Waals surface area contributed by atoms with E-state index in [4.69, 9.17) is 19.7 Å². The van der Waals surface area contributed by atoms with Gasteiger partial charge in [-0.3, -0.25) is 0 Å². The fourth-order valence-corrected chi connectivity index (χ4v) is 3.03. The zero-order valence-corrected chi connectivity index (χ0v) is 17.2. The highest BCUT2D eigenvalue weighted by atomic mass is 16.5. The minimum Gasteiger partial charge on any atom is -0.507 e. The Morgan fingerprint density at radius 1 is 0.967 bits per heavy atom. The Morgan fingerprint density at radius 3 is 2.17 bits per heavy atom. The lowest BCUT2D eigenvalue weighted by molar-refractivity contribution is 0.0693. The molecule has 0 saturated heterocycles. The number of ether oxygens (including phenoxy) is 2. The van der Waals surface area contributed by atoms with Gasteiger partial charge in [-0.1, -0.05) is 54.6 Å². The minimum atomic E-state index is -1.11. The largest absolute Gasteiger partial charge is 0.507 e. The Bertz CT molecular complexity index is 980. The van der Waals surface area contributed by atoms with Crippen molar-refractivity contribution in [3.63, 3.8) is 0 Å². The van der Waals surface area contributed by atoms with Crippen LogP contribution in [0.4, 0.5) is 0 Å². The first-order chi connectivity index (χ1) is 14.5. The summed E-state index contributed by atoms with van der Waals surface area (Å²) in [5.41, 5.74) is 3.58. The molecule has 0 aliphatic carbocycles. The Morgan fingerprint density at radius 2 is 1.63 bits per heavy atom. The molecule has 0 amide bonds. The number of allylic oxidation sites excluding steroid dienone is 1. The summed E-state index contributed by atoms with van der Waals surface area (Å²) in [4.78, 5) is 10.3. The Hall–Kier alpha value is -3.73. The predicted molar refractivity (Wildman–Crippen MR) is 118 cm³/mol. The van der Waals surface area contributed by atoms with Crippen LogP contribution in [0.3, 0.4) is 0 Å². The molecule has 0 radical (unpaired) electrons. The van der Waals surface area contributed by atoms with E-state index in [2.05, 4.69) is 36.9 Å². The number of phenols is 1. The van der Waals surface area contributed by atoms with Crippen LogP contribution in [0.5, 0.6) is 17.2 Å². The molecule has 3 aromatic rings. The molecule has 30 heavy (non-hydrogen) atoms. The quantitative estimate of drug-likeness (QED) is 0.533. The molecule has 5 heteroatoms. The molecule has 0 unspecified atom stereocenters. The fraction of sp³-hybridized carbons (Fsp3) is 0.160. The summed E-state index contributed by atoms with van der Waals surface area (Å²) in [5.74, 6) is 0.273. The number of hydrogen-bond donors (Lipinski definition) is 2. The first kappa shape index (κ1) is 22.6. The van der Waals surface area contributed by atoms with E-state index in [0.717, 1.165) is 29.9 Å². The number of rotatable bonds is 7. The van der Waals surface area contributed by atoms with Crippen molar-refractivity contribution in [3.05, 3.63) is 102 Å². The maximum absolute atomic E-state index is 10.3. The van der Waals surface area contributed by atoms with Gasteiger partial charge in [0.1, 0.15) is 11.3 Å². The molecular formula is C25H26O5. The molecule has 3 aromatic carbocycles. The third-order valence-electron chi connectivity index (χ3n) is 4.47. The number of aromatic carboxylic acids is 1. The summed E-state index contributed by atoms with van der Waals surface area (Å²) < 4.78 is 11.0. The van der Waals surface area contributed by atoms with Crippen molar-refractivity contribution in [2.45, 2.75) is 12.8 Å². The molecule has 0 spiro atoms. The van der Waals surface area contributed by atoms with E-state index in [1.165, 1.54) is 23.3 Å². The molecule has 2 N–H and O–H groups in total. The number of methoxy groups -OCH3 is 2. The van der Waals surface area contributed by atoms with E-state index in [1.54, 1.807) is 26.4 Å². The van der Waals surface area contributed by atoms with Gasteiger partial charge in [-0.05, 0) is 35.7 Å². The highest BCUT2D eigenvalue weighted by molar-refractivity contribution is 5.90. The second-order valence-corrected chi connectivity index (χ2v) is 6.42. The molecule has 0 saturated carbocycles. The van der Waals surface area contributed by atoms with Gasteiger partial charge in [0, 0.05) is 12.0 Å². The molecule has 0 aromatic heterocycles. The molecule has 156 valence electrons. The highest BCUT2D eigenvalue weighted by Crippen LogP contribution is 2.35. The maximum Gasteiger partial charge on any atom is 0.339 e. The average molecular weight is 406 g/mol. The summed E-state index contributed by atoms with van der Waals surface area (Å²) in [5, 5.41) is 17.3. The zero-order valence-electron chi connectivity index (χ0n) is 17.2. The third-order valence-corrected chi connectivity index (χ3v) is 4.47. The van der Waals surface area contributed by atoms with Crippen molar-refractivity contribution in [1.82, 2.24) is 0 Å². The second kappa shape index (κ2) is 11.3. The van der Waals surface area contributed by atoms with Crippen LogP contribution in [-0.4, -0.2) is 30.4 Å². The maximum atomic E-state index is 10.3. The van der Waals surface area contributed by atoms with Crippen LogP contribution >= 0.6 is 0 Å². The van der Waals surface area contributed by atoms with Gasteiger partial charge < -0.3 is 19.7 Å². The van der Waals surface area contributed by atoms with Gasteiger partial charge in [-0.15, -0.1) is 6.58 Å². The third kappa shape index (κ3) is 5.88. The summed E-state index contributed by atoms with van der Waals surface area (Å²) in [6, 6.07) is 20.2. The van der Waals surface area contributed by atoms with Crippen LogP contribution in [0.2, 0.25) is 0 Å². The summed E-state index contributed by atoms with van der Waals surface area (Å²) in [7, 11) is 3.35. The van der Waals surface area contributed by atoms with Gasteiger partial charge in [0.15, 0.2) is 11.5 Å². The van der Waals surface area contributed by atoms with Gasteiger partial charge in [-0.25, -0.2) is 4.79 Å². The van der Waals surface area contributed by atoms with Gasteiger partial charge in [-0.2, -0.15) is 0 Å². The monoisotopic (exact) mass is 406 g/mol. The summed E-state index contributed by atoms with van der Waals surface area (Å²) >= 11 is 0. The topological polar surface area (TPSA) is 76.0 Å². The lowest BCUT2D eigenvalue weighted by Gasteiger charge is -2.16. The van der Waals surface area contributed by atoms with Crippen molar-refractivity contribution < 1.29 is 24.5 Å². The zero-order chi connectivity index (χ0) is 21.9.